The Bertz CT molecular complexity index is 397. The van der Waals surface area contributed by atoms with Gasteiger partial charge >= 0.3 is 0 Å². The average molecular weight is 227 g/mol. The molecule has 0 radical (unpaired) electrons. The van der Waals surface area contributed by atoms with Crippen LogP contribution in [0.5, 0.6) is 0 Å². The monoisotopic (exact) mass is 226 g/mol. The molecule has 1 saturated carbocycles. The molecule has 0 aromatic carbocycles. The van der Waals surface area contributed by atoms with Crippen LogP contribution in [0.4, 0.5) is 0 Å². The molecule has 0 atom stereocenters. The Morgan fingerprint density at radius 2 is 2.40 bits per heavy atom. The van der Waals surface area contributed by atoms with Gasteiger partial charge in [0.25, 0.3) is 5.91 Å². The van der Waals surface area contributed by atoms with Crippen LogP contribution in [0.2, 0.25) is 0 Å². The molecular weight excluding hydrogens is 216 g/mol. The van der Waals surface area contributed by atoms with Gasteiger partial charge < -0.3 is 5.32 Å². The summed E-state index contributed by atoms with van der Waals surface area (Å²) in [6.45, 7) is 3.70. The predicted octanol–water partition coefficient (Wildman–Crippen LogP) is 1.16. The molecule has 2 rings (SSSR count). The number of rotatable bonds is 4. The number of carbonyl (C=O) groups excluding carboxylic acids is 1. The normalized spacial score (nSPS) is 15.0. The van der Waals surface area contributed by atoms with Crippen molar-refractivity contribution in [3.63, 3.8) is 0 Å². The third-order valence-electron chi connectivity index (χ3n) is 2.11. The molecule has 0 spiro atoms. The molecule has 15 heavy (non-hydrogen) atoms. The molecule has 1 aromatic heterocycles. The summed E-state index contributed by atoms with van der Waals surface area (Å²) in [4.78, 5) is 15.5. The van der Waals surface area contributed by atoms with Crippen molar-refractivity contribution in [3.8, 4) is 0 Å². The van der Waals surface area contributed by atoms with E-state index in [4.69, 9.17) is 11.6 Å². The number of H-pyrrole nitrogens is 1. The number of aromatic amines is 1. The summed E-state index contributed by atoms with van der Waals surface area (Å²) in [6, 6.07) is 0. The van der Waals surface area contributed by atoms with E-state index in [9.17, 15) is 4.79 Å². The Morgan fingerprint density at radius 3 is 3.00 bits per heavy atom. The maximum atomic E-state index is 11.4. The molecule has 1 aliphatic carbocycles. The summed E-state index contributed by atoms with van der Waals surface area (Å²) >= 11 is 5.52. The van der Waals surface area contributed by atoms with E-state index < -0.39 is 0 Å². The van der Waals surface area contributed by atoms with E-state index in [2.05, 4.69) is 27.1 Å². The van der Waals surface area contributed by atoms with E-state index in [0.717, 1.165) is 18.7 Å². The number of nitrogens with one attached hydrogen (secondary N) is 2. The number of carbonyl (C=O) groups is 1. The molecule has 6 heteroatoms. The fourth-order valence-electron chi connectivity index (χ4n) is 1.17. The third-order valence-corrected chi connectivity index (χ3v) is 2.24. The molecule has 5 nitrogen and oxygen atoms in total. The first-order valence-electron chi connectivity index (χ1n) is 4.70. The second kappa shape index (κ2) is 4.02. The summed E-state index contributed by atoms with van der Waals surface area (Å²) < 4.78 is 0. The lowest BCUT2D eigenvalue weighted by molar-refractivity contribution is 0.0947. The zero-order valence-corrected chi connectivity index (χ0v) is 8.84. The van der Waals surface area contributed by atoms with Gasteiger partial charge in [0.1, 0.15) is 5.82 Å². The maximum absolute atomic E-state index is 11.4. The zero-order valence-electron chi connectivity index (χ0n) is 8.09. The van der Waals surface area contributed by atoms with Gasteiger partial charge in [-0.15, -0.1) is 5.10 Å². The number of amides is 1. The summed E-state index contributed by atoms with van der Waals surface area (Å²) in [5, 5.41) is 9.53. The Kier molecular flexibility index (Phi) is 2.73. The smallest absolute Gasteiger partial charge is 0.291 e. The van der Waals surface area contributed by atoms with Crippen molar-refractivity contribution in [3.05, 3.63) is 23.3 Å². The molecule has 1 aliphatic rings. The highest BCUT2D eigenvalue weighted by atomic mass is 35.5. The van der Waals surface area contributed by atoms with E-state index in [1.54, 1.807) is 0 Å². The fraction of sp³-hybridized carbons (Fsp3) is 0.444. The van der Waals surface area contributed by atoms with Gasteiger partial charge in [0.15, 0.2) is 0 Å². The fourth-order valence-corrected chi connectivity index (χ4v) is 1.24. The number of hydrogen-bond acceptors (Lipinski definition) is 3. The van der Waals surface area contributed by atoms with Crippen molar-refractivity contribution in [1.29, 1.82) is 0 Å². The Hall–Kier alpha value is -1.36. The van der Waals surface area contributed by atoms with Crippen molar-refractivity contribution in [2.75, 3.05) is 6.54 Å². The highest BCUT2D eigenvalue weighted by Crippen LogP contribution is 2.37. The third kappa shape index (κ3) is 2.56. The number of aromatic nitrogens is 3. The minimum Gasteiger partial charge on any atom is -0.344 e. The summed E-state index contributed by atoms with van der Waals surface area (Å²) in [5.41, 5.74) is 0. The van der Waals surface area contributed by atoms with Gasteiger partial charge in [0.2, 0.25) is 5.82 Å². The zero-order chi connectivity index (χ0) is 10.8. The van der Waals surface area contributed by atoms with Crippen molar-refractivity contribution in [2.45, 2.75) is 18.8 Å². The molecule has 80 valence electrons. The van der Waals surface area contributed by atoms with Crippen LogP contribution in [-0.2, 0) is 0 Å². The number of halogens is 1. The minimum atomic E-state index is -0.333. The summed E-state index contributed by atoms with van der Waals surface area (Å²) in [6.07, 6.45) is 2.24. The van der Waals surface area contributed by atoms with Crippen molar-refractivity contribution < 1.29 is 4.79 Å². The number of nitrogens with zero attached hydrogens (tertiary/aromatic N) is 2. The summed E-state index contributed by atoms with van der Waals surface area (Å²) in [5.74, 6) is 1.08. The van der Waals surface area contributed by atoms with Gasteiger partial charge in [-0.3, -0.25) is 9.89 Å². The van der Waals surface area contributed by atoms with Gasteiger partial charge in [0, 0.05) is 11.0 Å². The van der Waals surface area contributed by atoms with Crippen LogP contribution in [-0.4, -0.2) is 27.6 Å². The lowest BCUT2D eigenvalue weighted by Crippen LogP contribution is -2.25. The van der Waals surface area contributed by atoms with Crippen LogP contribution in [0.25, 0.3) is 0 Å². The first-order chi connectivity index (χ1) is 7.16. The van der Waals surface area contributed by atoms with E-state index in [1.807, 2.05) is 0 Å². The molecule has 0 unspecified atom stereocenters. The molecule has 0 bridgehead atoms. The topological polar surface area (TPSA) is 70.7 Å². The molecular formula is C9H11ClN4O. The van der Waals surface area contributed by atoms with Gasteiger partial charge in [0.05, 0.1) is 6.54 Å². The summed E-state index contributed by atoms with van der Waals surface area (Å²) in [7, 11) is 0. The van der Waals surface area contributed by atoms with Gasteiger partial charge in [-0.1, -0.05) is 18.2 Å². The van der Waals surface area contributed by atoms with Crippen LogP contribution in [0, 0.1) is 0 Å². The van der Waals surface area contributed by atoms with Crippen molar-refractivity contribution in [1.82, 2.24) is 20.5 Å². The standard InChI is InChI=1S/C9H11ClN4O/c1-5(10)4-11-9(15)8-12-7(13-14-8)6-2-3-6/h6H,1-4H2,(H,11,15)(H,12,13,14). The van der Waals surface area contributed by atoms with Crippen LogP contribution in [0.3, 0.4) is 0 Å². The molecule has 1 heterocycles. The minimum absolute atomic E-state index is 0.162. The Balaban J connectivity index is 1.95. The van der Waals surface area contributed by atoms with Gasteiger partial charge in [-0.2, -0.15) is 0 Å². The van der Waals surface area contributed by atoms with Gasteiger partial charge in [-0.25, -0.2) is 4.98 Å². The molecule has 1 fully saturated rings. The van der Waals surface area contributed by atoms with Crippen molar-refractivity contribution in [2.24, 2.45) is 0 Å². The lowest BCUT2D eigenvalue weighted by atomic mass is 10.4. The quantitative estimate of drug-likeness (QED) is 0.810. The van der Waals surface area contributed by atoms with E-state index in [-0.39, 0.29) is 18.3 Å². The maximum Gasteiger partial charge on any atom is 0.291 e. The average Bonchev–Trinajstić information content (AvgIpc) is 2.93. The van der Waals surface area contributed by atoms with Crippen LogP contribution in [0.15, 0.2) is 11.6 Å². The molecule has 2 N–H and O–H groups in total. The molecule has 0 saturated heterocycles. The first-order valence-corrected chi connectivity index (χ1v) is 5.08. The van der Waals surface area contributed by atoms with Crippen LogP contribution < -0.4 is 5.32 Å². The Morgan fingerprint density at radius 1 is 1.67 bits per heavy atom. The Labute approximate surface area is 91.9 Å². The van der Waals surface area contributed by atoms with Crippen LogP contribution in [0.1, 0.15) is 35.2 Å². The highest BCUT2D eigenvalue weighted by Gasteiger charge is 2.28. The molecule has 1 aromatic rings. The SMILES string of the molecule is C=C(Cl)CNC(=O)c1n[nH]c(C2CC2)n1. The first kappa shape index (κ1) is 10.2. The van der Waals surface area contributed by atoms with E-state index in [1.165, 1.54) is 0 Å². The lowest BCUT2D eigenvalue weighted by Gasteiger charge is -1.98. The molecule has 1 amide bonds. The predicted molar refractivity (Wildman–Crippen MR) is 55.7 cm³/mol. The van der Waals surface area contributed by atoms with Gasteiger partial charge in [-0.05, 0) is 12.8 Å². The largest absolute Gasteiger partial charge is 0.344 e. The second-order valence-electron chi connectivity index (χ2n) is 3.52. The molecule has 0 aliphatic heterocycles. The van der Waals surface area contributed by atoms with Crippen molar-refractivity contribution >= 4 is 17.5 Å². The van der Waals surface area contributed by atoms with E-state index >= 15 is 0 Å². The second-order valence-corrected chi connectivity index (χ2v) is 4.05. The highest BCUT2D eigenvalue weighted by molar-refractivity contribution is 6.29. The van der Waals surface area contributed by atoms with Crippen LogP contribution >= 0.6 is 11.6 Å². The number of hydrogen-bond donors (Lipinski definition) is 2. The van der Waals surface area contributed by atoms with E-state index in [0.29, 0.717) is 11.0 Å².